The molecule has 3 nitrogen and oxygen atoms in total. The molecule has 3 heteroatoms. The van der Waals surface area contributed by atoms with Gasteiger partial charge in [0.15, 0.2) is 0 Å². The van der Waals surface area contributed by atoms with Gasteiger partial charge in [0, 0.05) is 18.6 Å². The van der Waals surface area contributed by atoms with Crippen molar-refractivity contribution in [3.63, 3.8) is 0 Å². The second-order valence-corrected chi connectivity index (χ2v) is 5.44. The van der Waals surface area contributed by atoms with Crippen molar-refractivity contribution in [2.45, 2.75) is 44.7 Å². The molecule has 0 aromatic carbocycles. The van der Waals surface area contributed by atoms with Crippen LogP contribution in [0, 0.1) is 5.92 Å². The van der Waals surface area contributed by atoms with Gasteiger partial charge in [0.1, 0.15) is 0 Å². The van der Waals surface area contributed by atoms with Gasteiger partial charge in [0.2, 0.25) is 0 Å². The molecule has 1 aliphatic heterocycles. The highest BCUT2D eigenvalue weighted by atomic mass is 15.2. The average molecular weight is 231 g/mol. The Morgan fingerprint density at radius 2 is 2.35 bits per heavy atom. The topological polar surface area (TPSA) is 42.1 Å². The molecule has 2 unspecified atom stereocenters. The molecule has 2 aliphatic rings. The summed E-state index contributed by atoms with van der Waals surface area (Å²) in [5, 5.41) is 0. The second-order valence-electron chi connectivity index (χ2n) is 5.44. The standard InChI is InChI=1S/C14H21N3/c1-2-13(15)14-6-5-12(8-16-14)17-9-10-3-4-11(17)7-10/h5-6,8,10-11,13H,2-4,7,9,15H2,1H3/t10?,11?,13-/m0/s1. The van der Waals surface area contributed by atoms with Gasteiger partial charge in [0.25, 0.3) is 0 Å². The molecule has 3 rings (SSSR count). The van der Waals surface area contributed by atoms with Crippen LogP contribution in [-0.4, -0.2) is 17.6 Å². The van der Waals surface area contributed by atoms with Crippen molar-refractivity contribution in [2.75, 3.05) is 11.4 Å². The minimum absolute atomic E-state index is 0.0825. The molecule has 92 valence electrons. The number of nitrogens with zero attached hydrogens (tertiary/aromatic N) is 2. The highest BCUT2D eigenvalue weighted by molar-refractivity contribution is 5.48. The molecular formula is C14H21N3. The van der Waals surface area contributed by atoms with Crippen LogP contribution in [0.15, 0.2) is 18.3 Å². The van der Waals surface area contributed by atoms with Crippen molar-refractivity contribution >= 4 is 5.69 Å². The fraction of sp³-hybridized carbons (Fsp3) is 0.643. The van der Waals surface area contributed by atoms with E-state index in [2.05, 4.69) is 28.9 Å². The van der Waals surface area contributed by atoms with Crippen LogP contribution in [-0.2, 0) is 0 Å². The lowest BCUT2D eigenvalue weighted by Crippen LogP contribution is -2.31. The van der Waals surface area contributed by atoms with Crippen molar-refractivity contribution in [3.8, 4) is 0 Å². The zero-order valence-electron chi connectivity index (χ0n) is 10.5. The van der Waals surface area contributed by atoms with E-state index in [4.69, 9.17) is 5.73 Å². The molecule has 1 aromatic heterocycles. The maximum Gasteiger partial charge on any atom is 0.0572 e. The van der Waals surface area contributed by atoms with Crippen LogP contribution in [0.5, 0.6) is 0 Å². The van der Waals surface area contributed by atoms with Crippen molar-refractivity contribution in [1.82, 2.24) is 4.98 Å². The summed E-state index contributed by atoms with van der Waals surface area (Å²) in [6.45, 7) is 3.32. The Labute approximate surface area is 103 Å². The van der Waals surface area contributed by atoms with E-state index in [1.807, 2.05) is 6.20 Å². The molecule has 2 heterocycles. The lowest BCUT2D eigenvalue weighted by molar-refractivity contribution is 0.553. The molecule has 1 aliphatic carbocycles. The smallest absolute Gasteiger partial charge is 0.0572 e. The van der Waals surface area contributed by atoms with Gasteiger partial charge in [0.05, 0.1) is 17.6 Å². The van der Waals surface area contributed by atoms with E-state index in [0.717, 1.165) is 24.1 Å². The molecule has 1 saturated heterocycles. The van der Waals surface area contributed by atoms with E-state index in [-0.39, 0.29) is 6.04 Å². The van der Waals surface area contributed by atoms with E-state index in [0.29, 0.717) is 0 Å². The van der Waals surface area contributed by atoms with Gasteiger partial charge >= 0.3 is 0 Å². The fourth-order valence-electron chi connectivity index (χ4n) is 3.24. The van der Waals surface area contributed by atoms with Gasteiger partial charge in [-0.1, -0.05) is 6.92 Å². The summed E-state index contributed by atoms with van der Waals surface area (Å²) >= 11 is 0. The van der Waals surface area contributed by atoms with E-state index >= 15 is 0 Å². The molecule has 0 spiro atoms. The van der Waals surface area contributed by atoms with Gasteiger partial charge in [-0.25, -0.2) is 0 Å². The lowest BCUT2D eigenvalue weighted by Gasteiger charge is -2.29. The number of piperidine rings is 1. The number of aromatic nitrogens is 1. The monoisotopic (exact) mass is 231 g/mol. The van der Waals surface area contributed by atoms with Crippen molar-refractivity contribution < 1.29 is 0 Å². The van der Waals surface area contributed by atoms with E-state index < -0.39 is 0 Å². The Morgan fingerprint density at radius 1 is 1.47 bits per heavy atom. The van der Waals surface area contributed by atoms with E-state index in [1.54, 1.807) is 0 Å². The number of nitrogens with two attached hydrogens (primary N) is 1. The first kappa shape index (κ1) is 11.0. The molecule has 0 radical (unpaired) electrons. The maximum atomic E-state index is 5.98. The molecular weight excluding hydrogens is 210 g/mol. The highest BCUT2D eigenvalue weighted by Gasteiger charge is 2.37. The average Bonchev–Trinajstić information content (AvgIpc) is 3.00. The van der Waals surface area contributed by atoms with Crippen LogP contribution in [0.1, 0.15) is 44.3 Å². The largest absolute Gasteiger partial charge is 0.367 e. The first-order valence-electron chi connectivity index (χ1n) is 6.76. The van der Waals surface area contributed by atoms with Crippen molar-refractivity contribution in [2.24, 2.45) is 11.7 Å². The minimum Gasteiger partial charge on any atom is -0.367 e. The van der Waals surface area contributed by atoms with Crippen molar-refractivity contribution in [1.29, 1.82) is 0 Å². The molecule has 0 amide bonds. The summed E-state index contributed by atoms with van der Waals surface area (Å²) < 4.78 is 0. The second kappa shape index (κ2) is 4.30. The molecule has 17 heavy (non-hydrogen) atoms. The minimum atomic E-state index is 0.0825. The Balaban J connectivity index is 1.76. The molecule has 1 saturated carbocycles. The Kier molecular flexibility index (Phi) is 2.79. The van der Waals surface area contributed by atoms with Crippen LogP contribution < -0.4 is 10.6 Å². The number of rotatable bonds is 3. The summed E-state index contributed by atoms with van der Waals surface area (Å²) in [7, 11) is 0. The summed E-state index contributed by atoms with van der Waals surface area (Å²) in [5.41, 5.74) is 8.28. The third kappa shape index (κ3) is 1.93. The summed E-state index contributed by atoms with van der Waals surface area (Å²) in [6, 6.07) is 5.14. The number of hydrogen-bond donors (Lipinski definition) is 1. The predicted molar refractivity (Wildman–Crippen MR) is 69.9 cm³/mol. The number of anilines is 1. The van der Waals surface area contributed by atoms with Crippen molar-refractivity contribution in [3.05, 3.63) is 24.0 Å². The lowest BCUT2D eigenvalue weighted by atomic mass is 10.1. The Morgan fingerprint density at radius 3 is 2.88 bits per heavy atom. The molecule has 2 N–H and O–H groups in total. The third-order valence-electron chi connectivity index (χ3n) is 4.33. The molecule has 1 aromatic rings. The first-order valence-corrected chi connectivity index (χ1v) is 6.76. The summed E-state index contributed by atoms with van der Waals surface area (Å²) in [5.74, 6) is 0.928. The normalized spacial score (nSPS) is 28.7. The van der Waals surface area contributed by atoms with Crippen LogP contribution in [0.2, 0.25) is 0 Å². The SMILES string of the molecule is CC[C@H](N)c1ccc(N2CC3CCC2C3)cn1. The van der Waals surface area contributed by atoms with Gasteiger partial charge in [-0.3, -0.25) is 4.98 Å². The zero-order valence-corrected chi connectivity index (χ0v) is 10.5. The van der Waals surface area contributed by atoms with Gasteiger partial charge < -0.3 is 10.6 Å². The zero-order chi connectivity index (χ0) is 11.8. The maximum absolute atomic E-state index is 5.98. The van der Waals surface area contributed by atoms with E-state index in [1.165, 1.54) is 31.5 Å². The molecule has 2 bridgehead atoms. The van der Waals surface area contributed by atoms with Gasteiger partial charge in [-0.15, -0.1) is 0 Å². The van der Waals surface area contributed by atoms with Gasteiger partial charge in [-0.2, -0.15) is 0 Å². The van der Waals surface area contributed by atoms with Crippen LogP contribution in [0.25, 0.3) is 0 Å². The molecule has 2 fully saturated rings. The Bertz CT molecular complexity index is 387. The van der Waals surface area contributed by atoms with Crippen LogP contribution in [0.4, 0.5) is 5.69 Å². The first-order chi connectivity index (χ1) is 8.28. The number of pyridine rings is 1. The summed E-state index contributed by atoms with van der Waals surface area (Å²) in [6.07, 6.45) is 7.12. The summed E-state index contributed by atoms with van der Waals surface area (Å²) in [4.78, 5) is 7.04. The van der Waals surface area contributed by atoms with Gasteiger partial charge in [-0.05, 0) is 43.7 Å². The fourth-order valence-corrected chi connectivity index (χ4v) is 3.24. The predicted octanol–water partition coefficient (Wildman–Crippen LogP) is 2.48. The number of hydrogen-bond acceptors (Lipinski definition) is 3. The van der Waals surface area contributed by atoms with Crippen LogP contribution in [0.3, 0.4) is 0 Å². The highest BCUT2D eigenvalue weighted by Crippen LogP contribution is 2.39. The third-order valence-corrected chi connectivity index (χ3v) is 4.33. The van der Waals surface area contributed by atoms with Crippen LogP contribution >= 0.6 is 0 Å². The quantitative estimate of drug-likeness (QED) is 0.869. The molecule has 3 atom stereocenters. The Hall–Kier alpha value is -1.09. The number of fused-ring (bicyclic) bond motifs is 2. The van der Waals surface area contributed by atoms with E-state index in [9.17, 15) is 0 Å².